The van der Waals surface area contributed by atoms with E-state index in [1.54, 1.807) is 19.1 Å². The molecule has 4 heteroatoms. The molecule has 1 N–H and O–H groups in total. The highest BCUT2D eigenvalue weighted by Gasteiger charge is 2.13. The molecule has 17 heavy (non-hydrogen) atoms. The molecule has 0 aliphatic heterocycles. The van der Waals surface area contributed by atoms with Crippen molar-refractivity contribution in [3.63, 3.8) is 0 Å². The Labute approximate surface area is 98.3 Å². The third-order valence-electron chi connectivity index (χ3n) is 2.39. The van der Waals surface area contributed by atoms with Crippen LogP contribution < -0.4 is 5.32 Å². The van der Waals surface area contributed by atoms with Crippen LogP contribution in [0.2, 0.25) is 0 Å². The zero-order valence-corrected chi connectivity index (χ0v) is 9.58. The van der Waals surface area contributed by atoms with Crippen LogP contribution in [0.1, 0.15) is 12.5 Å². The maximum atomic E-state index is 13.4. The highest BCUT2D eigenvalue weighted by Crippen LogP contribution is 2.32. The van der Waals surface area contributed by atoms with Crippen molar-refractivity contribution in [1.29, 1.82) is 0 Å². The van der Waals surface area contributed by atoms with E-state index in [-0.39, 0.29) is 11.7 Å². The van der Waals surface area contributed by atoms with Crippen molar-refractivity contribution in [2.24, 2.45) is 0 Å². The average molecular weight is 233 g/mol. The van der Waals surface area contributed by atoms with Gasteiger partial charge in [0.1, 0.15) is 11.6 Å². The first-order valence-electron chi connectivity index (χ1n) is 5.19. The number of amides is 1. The van der Waals surface area contributed by atoms with E-state index in [2.05, 4.69) is 5.32 Å². The second kappa shape index (κ2) is 4.41. The van der Waals surface area contributed by atoms with Crippen molar-refractivity contribution < 1.29 is 13.6 Å². The van der Waals surface area contributed by atoms with E-state index >= 15 is 0 Å². The highest BCUT2D eigenvalue weighted by atomic mass is 19.1. The summed E-state index contributed by atoms with van der Waals surface area (Å²) >= 11 is 0. The van der Waals surface area contributed by atoms with Gasteiger partial charge in [0, 0.05) is 12.5 Å². The molecule has 0 bridgehead atoms. The van der Waals surface area contributed by atoms with Crippen LogP contribution in [0.3, 0.4) is 0 Å². The Morgan fingerprint density at radius 3 is 2.76 bits per heavy atom. The van der Waals surface area contributed by atoms with E-state index in [0.29, 0.717) is 22.6 Å². The number of nitrogens with one attached hydrogen (secondary N) is 1. The number of carbonyl (C=O) groups excluding carboxylic acids is 1. The first-order chi connectivity index (χ1) is 8.08. The molecule has 0 aliphatic rings. The normalized spacial score (nSPS) is 10.3. The Bertz CT molecular complexity index is 547. The number of carbonyl (C=O) groups is 1. The van der Waals surface area contributed by atoms with Gasteiger partial charge in [0.25, 0.3) is 0 Å². The van der Waals surface area contributed by atoms with Gasteiger partial charge in [-0.2, -0.15) is 0 Å². The molecular weight excluding hydrogens is 221 g/mol. The second-order valence-corrected chi connectivity index (χ2v) is 3.80. The third-order valence-corrected chi connectivity index (χ3v) is 2.39. The number of hydrogen-bond acceptors (Lipinski definition) is 2. The molecule has 0 saturated heterocycles. The van der Waals surface area contributed by atoms with Crippen LogP contribution in [0.5, 0.6) is 0 Å². The van der Waals surface area contributed by atoms with Crippen LogP contribution in [0.4, 0.5) is 10.1 Å². The zero-order chi connectivity index (χ0) is 12.4. The van der Waals surface area contributed by atoms with E-state index in [1.165, 1.54) is 25.3 Å². The predicted octanol–water partition coefficient (Wildman–Crippen LogP) is 3.35. The highest BCUT2D eigenvalue weighted by molar-refractivity contribution is 5.94. The van der Waals surface area contributed by atoms with E-state index in [9.17, 15) is 9.18 Å². The molecule has 0 spiro atoms. The molecule has 1 heterocycles. The van der Waals surface area contributed by atoms with Crippen LogP contribution in [0, 0.1) is 12.7 Å². The van der Waals surface area contributed by atoms with Gasteiger partial charge in [-0.1, -0.05) is 0 Å². The molecular formula is C13H12FNO2. The molecule has 0 saturated carbocycles. The summed E-state index contributed by atoms with van der Waals surface area (Å²) in [7, 11) is 0. The smallest absolute Gasteiger partial charge is 0.221 e. The Morgan fingerprint density at radius 1 is 1.41 bits per heavy atom. The van der Waals surface area contributed by atoms with Gasteiger partial charge in [-0.15, -0.1) is 0 Å². The second-order valence-electron chi connectivity index (χ2n) is 3.80. The van der Waals surface area contributed by atoms with Gasteiger partial charge in [0.15, 0.2) is 0 Å². The molecule has 88 valence electrons. The van der Waals surface area contributed by atoms with Crippen molar-refractivity contribution in [1.82, 2.24) is 0 Å². The summed E-state index contributed by atoms with van der Waals surface area (Å²) in [6, 6.07) is 6.15. The monoisotopic (exact) mass is 233 g/mol. The topological polar surface area (TPSA) is 42.2 Å². The van der Waals surface area contributed by atoms with E-state index < -0.39 is 0 Å². The van der Waals surface area contributed by atoms with E-state index in [4.69, 9.17) is 4.42 Å². The number of hydrogen-bond donors (Lipinski definition) is 1. The summed E-state index contributed by atoms with van der Waals surface area (Å²) < 4.78 is 18.6. The molecule has 1 amide bonds. The Hall–Kier alpha value is -2.10. The van der Waals surface area contributed by atoms with Gasteiger partial charge in [-0.25, -0.2) is 4.39 Å². The Kier molecular flexibility index (Phi) is 2.95. The fraction of sp³-hybridized carbons (Fsp3) is 0.154. The van der Waals surface area contributed by atoms with Gasteiger partial charge in [-0.3, -0.25) is 4.79 Å². The number of anilines is 1. The largest absolute Gasteiger partial charge is 0.464 e. The minimum atomic E-state index is -0.358. The summed E-state index contributed by atoms with van der Waals surface area (Å²) in [5.41, 5.74) is 1.78. The van der Waals surface area contributed by atoms with E-state index in [1.807, 2.05) is 0 Å². The lowest BCUT2D eigenvalue weighted by atomic mass is 10.1. The molecule has 0 aliphatic carbocycles. The van der Waals surface area contributed by atoms with Gasteiger partial charge in [-0.05, 0) is 36.8 Å². The van der Waals surface area contributed by atoms with Crippen LogP contribution in [0.25, 0.3) is 11.3 Å². The third kappa shape index (κ3) is 2.36. The van der Waals surface area contributed by atoms with Crippen molar-refractivity contribution >= 4 is 11.6 Å². The standard InChI is InChI=1S/C13H12FNO2/c1-8-6-10(14)7-11(12-4-3-5-17-12)13(8)15-9(2)16/h3-7H,1-2H3,(H,15,16). The quantitative estimate of drug-likeness (QED) is 0.864. The fourth-order valence-corrected chi connectivity index (χ4v) is 1.71. The lowest BCUT2D eigenvalue weighted by Gasteiger charge is -2.11. The molecule has 0 fully saturated rings. The summed E-state index contributed by atoms with van der Waals surface area (Å²) in [5.74, 6) is -0.0353. The van der Waals surface area contributed by atoms with Crippen LogP contribution in [-0.4, -0.2) is 5.91 Å². The van der Waals surface area contributed by atoms with Gasteiger partial charge in [0.05, 0.1) is 12.0 Å². The van der Waals surface area contributed by atoms with Gasteiger partial charge >= 0.3 is 0 Å². The minimum Gasteiger partial charge on any atom is -0.464 e. The molecule has 1 aromatic carbocycles. The van der Waals surface area contributed by atoms with Gasteiger partial charge in [0.2, 0.25) is 5.91 Å². The lowest BCUT2D eigenvalue weighted by molar-refractivity contribution is -0.114. The SMILES string of the molecule is CC(=O)Nc1c(C)cc(F)cc1-c1ccco1. The van der Waals surface area contributed by atoms with Crippen LogP contribution in [0.15, 0.2) is 34.9 Å². The van der Waals surface area contributed by atoms with E-state index in [0.717, 1.165) is 0 Å². The first-order valence-corrected chi connectivity index (χ1v) is 5.19. The molecule has 0 atom stereocenters. The molecule has 0 unspecified atom stereocenters. The maximum Gasteiger partial charge on any atom is 0.221 e. The van der Waals surface area contributed by atoms with Gasteiger partial charge < -0.3 is 9.73 Å². The molecule has 3 nitrogen and oxygen atoms in total. The Balaban J connectivity index is 2.59. The number of benzene rings is 1. The van der Waals surface area contributed by atoms with Crippen molar-refractivity contribution in [3.05, 3.63) is 41.9 Å². The number of rotatable bonds is 2. The van der Waals surface area contributed by atoms with Crippen molar-refractivity contribution in [2.45, 2.75) is 13.8 Å². The number of halogens is 1. The maximum absolute atomic E-state index is 13.4. The molecule has 0 radical (unpaired) electrons. The summed E-state index contributed by atoms with van der Waals surface area (Å²) in [6.45, 7) is 3.15. The lowest BCUT2D eigenvalue weighted by Crippen LogP contribution is -2.08. The molecule has 1 aromatic heterocycles. The summed E-state index contributed by atoms with van der Waals surface area (Å²) in [5, 5.41) is 2.69. The minimum absolute atomic E-state index is 0.201. The predicted molar refractivity (Wildman–Crippen MR) is 63.1 cm³/mol. The molecule has 2 rings (SSSR count). The fourth-order valence-electron chi connectivity index (χ4n) is 1.71. The first kappa shape index (κ1) is 11.4. The number of furan rings is 1. The Morgan fingerprint density at radius 2 is 2.18 bits per heavy atom. The molecule has 2 aromatic rings. The van der Waals surface area contributed by atoms with Crippen molar-refractivity contribution in [2.75, 3.05) is 5.32 Å². The summed E-state index contributed by atoms with van der Waals surface area (Å²) in [4.78, 5) is 11.1. The number of aryl methyl sites for hydroxylation is 1. The van der Waals surface area contributed by atoms with Crippen LogP contribution in [-0.2, 0) is 4.79 Å². The average Bonchev–Trinajstić information content (AvgIpc) is 2.74. The zero-order valence-electron chi connectivity index (χ0n) is 9.58. The summed E-state index contributed by atoms with van der Waals surface area (Å²) in [6.07, 6.45) is 1.51. The van der Waals surface area contributed by atoms with Crippen molar-refractivity contribution in [3.8, 4) is 11.3 Å². The van der Waals surface area contributed by atoms with Crippen LogP contribution >= 0.6 is 0 Å².